The molecule has 0 aliphatic heterocycles. The zero-order chi connectivity index (χ0) is 25.0. The molecule has 0 aromatic carbocycles. The minimum atomic E-state index is -1.30. The summed E-state index contributed by atoms with van der Waals surface area (Å²) in [6.45, 7) is 16.7. The molecule has 0 bridgehead atoms. The van der Waals surface area contributed by atoms with Crippen LogP contribution >= 0.6 is 0 Å². The van der Waals surface area contributed by atoms with E-state index in [1.165, 1.54) is 19.3 Å². The normalized spacial score (nSPS) is 58.6. The van der Waals surface area contributed by atoms with E-state index < -0.39 is 29.3 Å². The van der Waals surface area contributed by atoms with E-state index in [4.69, 9.17) is 0 Å². The highest BCUT2D eigenvalue weighted by Gasteiger charge is 2.70. The molecule has 4 nitrogen and oxygen atoms in total. The summed E-state index contributed by atoms with van der Waals surface area (Å²) >= 11 is 0. The molecule has 5 saturated carbocycles. The van der Waals surface area contributed by atoms with Crippen molar-refractivity contribution in [3.63, 3.8) is 0 Å². The standard InChI is InChI=1S/C30H52O4/c1-16(2)18(4)27(5)14-23(27)17(3)21-8-9-22-20-12-25(33)30(34)13-19(31)10-11-29(30,7)26(20)24(32)15-28(21,22)6/h16-26,31-34H,8-15H2,1-7H3/t17?,18?,19-,20?,21+,22?,23?,24?,25+,26?,27+,28+,29+,30?/m0/s1. The van der Waals surface area contributed by atoms with Gasteiger partial charge in [-0.1, -0.05) is 48.5 Å². The highest BCUT2D eigenvalue weighted by atomic mass is 16.3. The van der Waals surface area contributed by atoms with Gasteiger partial charge in [0.15, 0.2) is 0 Å². The van der Waals surface area contributed by atoms with Crippen LogP contribution in [0.5, 0.6) is 0 Å². The first kappa shape index (κ1) is 25.5. The van der Waals surface area contributed by atoms with Gasteiger partial charge in [0.05, 0.1) is 23.9 Å². The van der Waals surface area contributed by atoms with Crippen molar-refractivity contribution < 1.29 is 20.4 Å². The van der Waals surface area contributed by atoms with Gasteiger partial charge in [-0.2, -0.15) is 0 Å². The monoisotopic (exact) mass is 476 g/mol. The molecular weight excluding hydrogens is 424 g/mol. The molecule has 196 valence electrons. The SMILES string of the molecule is CC(C)C(C)[C@@]1(C)CC1C(C)[C@H]1CCC2C3C[C@@H](O)C4(O)C[C@@H](O)CC[C@]4(C)C3C(O)C[C@@]21C. The summed E-state index contributed by atoms with van der Waals surface area (Å²) in [7, 11) is 0. The second kappa shape index (κ2) is 7.92. The molecule has 0 radical (unpaired) electrons. The zero-order valence-corrected chi connectivity index (χ0v) is 22.8. The van der Waals surface area contributed by atoms with Gasteiger partial charge in [-0.25, -0.2) is 0 Å². The highest BCUT2D eigenvalue weighted by molar-refractivity contribution is 5.19. The third-order valence-corrected chi connectivity index (χ3v) is 13.5. The average Bonchev–Trinajstić information content (AvgIpc) is 3.32. The van der Waals surface area contributed by atoms with Crippen molar-refractivity contribution in [1.82, 2.24) is 0 Å². The van der Waals surface area contributed by atoms with E-state index in [-0.39, 0.29) is 23.7 Å². The molecule has 8 unspecified atom stereocenters. The van der Waals surface area contributed by atoms with Gasteiger partial charge >= 0.3 is 0 Å². The first-order valence-electron chi connectivity index (χ1n) is 14.5. The Hall–Kier alpha value is -0.160. The Bertz CT molecular complexity index is 799. The molecule has 14 atom stereocenters. The summed E-state index contributed by atoms with van der Waals surface area (Å²) in [5, 5.41) is 45.1. The molecule has 0 amide bonds. The van der Waals surface area contributed by atoms with E-state index >= 15 is 0 Å². The van der Waals surface area contributed by atoms with Gasteiger partial charge in [0.1, 0.15) is 0 Å². The zero-order valence-electron chi connectivity index (χ0n) is 22.8. The minimum absolute atomic E-state index is 0.00712. The molecule has 0 saturated heterocycles. The fraction of sp³-hybridized carbons (Fsp3) is 1.00. The van der Waals surface area contributed by atoms with Crippen LogP contribution in [0.3, 0.4) is 0 Å². The number of hydrogen-bond donors (Lipinski definition) is 4. The lowest BCUT2D eigenvalue weighted by Crippen LogP contribution is -2.71. The van der Waals surface area contributed by atoms with Crippen molar-refractivity contribution in [1.29, 1.82) is 0 Å². The quantitative estimate of drug-likeness (QED) is 0.459. The van der Waals surface area contributed by atoms with Crippen LogP contribution in [0.25, 0.3) is 0 Å². The number of hydrogen-bond acceptors (Lipinski definition) is 4. The van der Waals surface area contributed by atoms with Crippen LogP contribution in [0.4, 0.5) is 0 Å². The number of fused-ring (bicyclic) bond motifs is 5. The van der Waals surface area contributed by atoms with Gasteiger partial charge in [-0.3, -0.25) is 0 Å². The molecule has 0 aromatic heterocycles. The summed E-state index contributed by atoms with van der Waals surface area (Å²) in [6, 6.07) is 0. The van der Waals surface area contributed by atoms with Crippen LogP contribution in [0.15, 0.2) is 0 Å². The smallest absolute Gasteiger partial charge is 0.0986 e. The lowest BCUT2D eigenvalue weighted by Gasteiger charge is -2.66. The second-order valence-corrected chi connectivity index (χ2v) is 15.0. The largest absolute Gasteiger partial charge is 0.393 e. The Morgan fingerprint density at radius 1 is 0.824 bits per heavy atom. The number of aliphatic hydroxyl groups is 4. The van der Waals surface area contributed by atoms with Crippen molar-refractivity contribution in [3.05, 3.63) is 0 Å². The summed E-state index contributed by atoms with van der Waals surface area (Å²) in [5.74, 6) is 4.27. The van der Waals surface area contributed by atoms with Gasteiger partial charge in [-0.15, -0.1) is 0 Å². The van der Waals surface area contributed by atoms with Gasteiger partial charge in [0.25, 0.3) is 0 Å². The Morgan fingerprint density at radius 3 is 2.15 bits per heavy atom. The molecule has 34 heavy (non-hydrogen) atoms. The second-order valence-electron chi connectivity index (χ2n) is 15.0. The Labute approximate surface area is 207 Å². The fourth-order valence-corrected chi connectivity index (χ4v) is 11.1. The van der Waals surface area contributed by atoms with Gasteiger partial charge in [0.2, 0.25) is 0 Å². The summed E-state index contributed by atoms with van der Waals surface area (Å²) < 4.78 is 0. The van der Waals surface area contributed by atoms with Crippen molar-refractivity contribution >= 4 is 0 Å². The number of aliphatic hydroxyl groups excluding tert-OH is 3. The molecular formula is C30H52O4. The fourth-order valence-electron chi connectivity index (χ4n) is 11.1. The van der Waals surface area contributed by atoms with E-state index in [9.17, 15) is 20.4 Å². The van der Waals surface area contributed by atoms with Crippen LogP contribution in [0.1, 0.15) is 99.8 Å². The summed E-state index contributed by atoms with van der Waals surface area (Å²) in [6.07, 6.45) is 4.87. The minimum Gasteiger partial charge on any atom is -0.393 e. The molecule has 5 aliphatic carbocycles. The third kappa shape index (κ3) is 3.23. The lowest BCUT2D eigenvalue weighted by atomic mass is 9.41. The highest BCUT2D eigenvalue weighted by Crippen LogP contribution is 2.72. The molecule has 4 heteroatoms. The Balaban J connectivity index is 1.41. The first-order valence-corrected chi connectivity index (χ1v) is 14.5. The average molecular weight is 477 g/mol. The van der Waals surface area contributed by atoms with E-state index in [2.05, 4.69) is 48.5 Å². The summed E-state index contributed by atoms with van der Waals surface area (Å²) in [4.78, 5) is 0. The maximum absolute atomic E-state index is 11.7. The van der Waals surface area contributed by atoms with Crippen molar-refractivity contribution in [2.24, 2.45) is 63.6 Å². The predicted molar refractivity (Wildman–Crippen MR) is 135 cm³/mol. The molecule has 5 fully saturated rings. The maximum Gasteiger partial charge on any atom is 0.0986 e. The van der Waals surface area contributed by atoms with E-state index in [1.54, 1.807) is 0 Å². The Morgan fingerprint density at radius 2 is 1.50 bits per heavy atom. The predicted octanol–water partition coefficient (Wildman–Crippen LogP) is 5.02. The van der Waals surface area contributed by atoms with Crippen LogP contribution in [0, 0.1) is 63.6 Å². The topological polar surface area (TPSA) is 80.9 Å². The number of rotatable bonds is 4. The van der Waals surface area contributed by atoms with Crippen molar-refractivity contribution in [2.75, 3.05) is 0 Å². The molecule has 5 aliphatic rings. The lowest BCUT2D eigenvalue weighted by molar-refractivity contribution is -0.283. The van der Waals surface area contributed by atoms with E-state index in [0.29, 0.717) is 48.3 Å². The Kier molecular flexibility index (Phi) is 5.94. The molecule has 0 spiro atoms. The van der Waals surface area contributed by atoms with Gasteiger partial charge in [0, 0.05) is 11.8 Å². The van der Waals surface area contributed by atoms with E-state index in [0.717, 1.165) is 18.3 Å². The van der Waals surface area contributed by atoms with Crippen LogP contribution in [-0.4, -0.2) is 44.3 Å². The van der Waals surface area contributed by atoms with Crippen LogP contribution < -0.4 is 0 Å². The molecule has 0 heterocycles. The molecule has 5 rings (SSSR count). The van der Waals surface area contributed by atoms with Gasteiger partial charge in [-0.05, 0) is 103 Å². The van der Waals surface area contributed by atoms with Crippen molar-refractivity contribution in [3.8, 4) is 0 Å². The van der Waals surface area contributed by atoms with Crippen LogP contribution in [0.2, 0.25) is 0 Å². The maximum atomic E-state index is 11.7. The van der Waals surface area contributed by atoms with Crippen LogP contribution in [-0.2, 0) is 0 Å². The molecule has 0 aromatic rings. The van der Waals surface area contributed by atoms with Crippen molar-refractivity contribution in [2.45, 2.75) is 124 Å². The van der Waals surface area contributed by atoms with Gasteiger partial charge < -0.3 is 20.4 Å². The third-order valence-electron chi connectivity index (χ3n) is 13.5. The first-order chi connectivity index (χ1) is 15.7. The van der Waals surface area contributed by atoms with E-state index in [1.807, 2.05) is 0 Å². The summed E-state index contributed by atoms with van der Waals surface area (Å²) in [5.41, 5.74) is -1.29. The molecule has 4 N–H and O–H groups in total.